The molecule has 0 aromatic carbocycles. The molecule has 1 rings (SSSR count). The van der Waals surface area contributed by atoms with Gasteiger partial charge in [-0.25, -0.2) is 9.67 Å². The maximum Gasteiger partial charge on any atom is 0.138 e. The molecule has 0 saturated carbocycles. The number of nitrogens with zero attached hydrogens (tertiary/aromatic N) is 3. The Morgan fingerprint density at radius 1 is 1.44 bits per heavy atom. The van der Waals surface area contributed by atoms with Gasteiger partial charge in [-0.2, -0.15) is 5.10 Å². The molecule has 0 bridgehead atoms. The summed E-state index contributed by atoms with van der Waals surface area (Å²) in [7, 11) is 1.96. The third-order valence-corrected chi connectivity index (χ3v) is 3.23. The highest BCUT2D eigenvalue weighted by Gasteiger charge is 2.30. The largest absolute Gasteiger partial charge is 0.374 e. The van der Waals surface area contributed by atoms with Crippen LogP contribution < -0.4 is 5.32 Å². The van der Waals surface area contributed by atoms with Crippen LogP contribution in [-0.4, -0.2) is 40.1 Å². The Balaban J connectivity index is 2.82. The minimum absolute atomic E-state index is 0.208. The summed E-state index contributed by atoms with van der Waals surface area (Å²) in [5.41, 5.74) is -0.225. The SMILES string of the molecule is CCOC(C)(C)C(Cc1ncnn1C(C)C)NC. The van der Waals surface area contributed by atoms with Gasteiger partial charge in [-0.3, -0.25) is 0 Å². The van der Waals surface area contributed by atoms with E-state index in [1.807, 2.05) is 18.7 Å². The van der Waals surface area contributed by atoms with Crippen LogP contribution in [0.2, 0.25) is 0 Å². The lowest BCUT2D eigenvalue weighted by atomic mass is 9.95. The van der Waals surface area contributed by atoms with Gasteiger partial charge in [0.15, 0.2) is 0 Å². The zero-order valence-electron chi connectivity index (χ0n) is 12.4. The van der Waals surface area contributed by atoms with Crippen molar-refractivity contribution in [1.82, 2.24) is 20.1 Å². The van der Waals surface area contributed by atoms with Crippen molar-refractivity contribution in [1.29, 1.82) is 0 Å². The third-order valence-electron chi connectivity index (χ3n) is 3.23. The monoisotopic (exact) mass is 254 g/mol. The topological polar surface area (TPSA) is 52.0 Å². The van der Waals surface area contributed by atoms with Gasteiger partial charge in [0.1, 0.15) is 12.2 Å². The molecule has 0 amide bonds. The first-order valence-corrected chi connectivity index (χ1v) is 6.62. The summed E-state index contributed by atoms with van der Waals surface area (Å²) in [4.78, 5) is 4.36. The Morgan fingerprint density at radius 3 is 2.61 bits per heavy atom. The van der Waals surface area contributed by atoms with E-state index in [0.29, 0.717) is 12.6 Å². The molecule has 0 fully saturated rings. The van der Waals surface area contributed by atoms with Crippen LogP contribution in [0, 0.1) is 0 Å². The predicted molar refractivity (Wildman–Crippen MR) is 72.7 cm³/mol. The number of ether oxygens (including phenoxy) is 1. The van der Waals surface area contributed by atoms with E-state index in [1.165, 1.54) is 0 Å². The molecule has 5 heteroatoms. The van der Waals surface area contributed by atoms with Gasteiger partial charge < -0.3 is 10.1 Å². The van der Waals surface area contributed by atoms with Crippen LogP contribution in [0.1, 0.15) is 46.5 Å². The van der Waals surface area contributed by atoms with Crippen LogP contribution in [0.15, 0.2) is 6.33 Å². The van der Waals surface area contributed by atoms with Crippen LogP contribution in [0.4, 0.5) is 0 Å². The molecule has 1 aromatic heterocycles. The average molecular weight is 254 g/mol. The molecule has 0 aliphatic rings. The van der Waals surface area contributed by atoms with E-state index in [9.17, 15) is 0 Å². The first-order chi connectivity index (χ1) is 8.42. The number of aromatic nitrogens is 3. The fourth-order valence-corrected chi connectivity index (χ4v) is 2.20. The molecule has 0 saturated heterocycles. The molecule has 1 aromatic rings. The lowest BCUT2D eigenvalue weighted by Gasteiger charge is -2.34. The zero-order valence-corrected chi connectivity index (χ0v) is 12.4. The van der Waals surface area contributed by atoms with Gasteiger partial charge in [-0.15, -0.1) is 0 Å². The van der Waals surface area contributed by atoms with E-state index in [2.05, 4.69) is 43.1 Å². The quantitative estimate of drug-likeness (QED) is 0.806. The average Bonchev–Trinajstić information content (AvgIpc) is 2.73. The standard InChI is InChI=1S/C13H26N4O/c1-7-18-13(4,5)11(14-6)8-12-15-9-16-17(12)10(2)3/h9-11,14H,7-8H2,1-6H3. The normalized spacial score (nSPS) is 14.2. The van der Waals surface area contributed by atoms with E-state index in [1.54, 1.807) is 6.33 Å². The second kappa shape index (κ2) is 6.29. The van der Waals surface area contributed by atoms with Gasteiger partial charge in [0.2, 0.25) is 0 Å². The van der Waals surface area contributed by atoms with E-state index in [4.69, 9.17) is 4.74 Å². The number of likely N-dealkylation sites (N-methyl/N-ethyl adjacent to an activating group) is 1. The molecular formula is C13H26N4O. The van der Waals surface area contributed by atoms with Crippen LogP contribution in [0.3, 0.4) is 0 Å². The van der Waals surface area contributed by atoms with Crippen molar-refractivity contribution >= 4 is 0 Å². The van der Waals surface area contributed by atoms with Gasteiger partial charge in [0.05, 0.1) is 5.60 Å². The number of hydrogen-bond acceptors (Lipinski definition) is 4. The Hall–Kier alpha value is -0.940. The van der Waals surface area contributed by atoms with Gasteiger partial charge >= 0.3 is 0 Å². The Morgan fingerprint density at radius 2 is 2.11 bits per heavy atom. The smallest absolute Gasteiger partial charge is 0.138 e. The molecule has 104 valence electrons. The van der Waals surface area contributed by atoms with Crippen LogP contribution in [0.25, 0.3) is 0 Å². The maximum absolute atomic E-state index is 5.81. The van der Waals surface area contributed by atoms with Gasteiger partial charge in [-0.05, 0) is 41.7 Å². The highest BCUT2D eigenvalue weighted by atomic mass is 16.5. The Bertz CT molecular complexity index is 360. The minimum atomic E-state index is -0.225. The van der Waals surface area contributed by atoms with Gasteiger partial charge in [-0.1, -0.05) is 0 Å². The maximum atomic E-state index is 5.81. The Labute approximate surface area is 110 Å². The summed E-state index contributed by atoms with van der Waals surface area (Å²) in [6, 6.07) is 0.536. The highest BCUT2D eigenvalue weighted by molar-refractivity contribution is 4.97. The first-order valence-electron chi connectivity index (χ1n) is 6.62. The Kier molecular flexibility index (Phi) is 5.28. The van der Waals surface area contributed by atoms with E-state index < -0.39 is 0 Å². The fraction of sp³-hybridized carbons (Fsp3) is 0.846. The molecule has 1 atom stereocenters. The van der Waals surface area contributed by atoms with Crippen molar-refractivity contribution < 1.29 is 4.74 Å². The molecule has 1 heterocycles. The predicted octanol–water partition coefficient (Wildman–Crippen LogP) is 1.80. The fourth-order valence-electron chi connectivity index (χ4n) is 2.20. The highest BCUT2D eigenvalue weighted by Crippen LogP contribution is 2.19. The van der Waals surface area contributed by atoms with Crippen LogP contribution in [-0.2, 0) is 11.2 Å². The van der Waals surface area contributed by atoms with Crippen LogP contribution in [0.5, 0.6) is 0 Å². The number of nitrogens with one attached hydrogen (secondary N) is 1. The summed E-state index contributed by atoms with van der Waals surface area (Å²) < 4.78 is 7.78. The van der Waals surface area contributed by atoms with Crippen molar-refractivity contribution in [3.8, 4) is 0 Å². The molecule has 0 spiro atoms. The van der Waals surface area contributed by atoms with Gasteiger partial charge in [0, 0.05) is 25.1 Å². The summed E-state index contributed by atoms with van der Waals surface area (Å²) in [6.45, 7) is 11.2. The van der Waals surface area contributed by atoms with Crippen molar-refractivity contribution in [2.75, 3.05) is 13.7 Å². The van der Waals surface area contributed by atoms with Crippen molar-refractivity contribution in [3.05, 3.63) is 12.2 Å². The second-order valence-corrected chi connectivity index (χ2v) is 5.30. The lowest BCUT2D eigenvalue weighted by Crippen LogP contribution is -2.49. The van der Waals surface area contributed by atoms with Crippen molar-refractivity contribution in [2.24, 2.45) is 0 Å². The number of hydrogen-bond donors (Lipinski definition) is 1. The first kappa shape index (κ1) is 15.1. The third kappa shape index (κ3) is 3.53. The van der Waals surface area contributed by atoms with Crippen molar-refractivity contribution in [3.63, 3.8) is 0 Å². The summed E-state index contributed by atoms with van der Waals surface area (Å²) in [5.74, 6) is 0.997. The van der Waals surface area contributed by atoms with Crippen molar-refractivity contribution in [2.45, 2.75) is 58.7 Å². The van der Waals surface area contributed by atoms with E-state index in [-0.39, 0.29) is 11.6 Å². The summed E-state index contributed by atoms with van der Waals surface area (Å²) in [5, 5.41) is 7.59. The molecule has 5 nitrogen and oxygen atoms in total. The van der Waals surface area contributed by atoms with E-state index in [0.717, 1.165) is 12.2 Å². The molecule has 18 heavy (non-hydrogen) atoms. The summed E-state index contributed by atoms with van der Waals surface area (Å²) >= 11 is 0. The molecular weight excluding hydrogens is 228 g/mol. The minimum Gasteiger partial charge on any atom is -0.374 e. The second-order valence-electron chi connectivity index (χ2n) is 5.30. The lowest BCUT2D eigenvalue weighted by molar-refractivity contribution is -0.0370. The molecule has 1 N–H and O–H groups in total. The molecule has 0 aliphatic carbocycles. The molecule has 0 aliphatic heterocycles. The summed E-state index contributed by atoms with van der Waals surface area (Å²) in [6.07, 6.45) is 2.43. The van der Waals surface area contributed by atoms with Gasteiger partial charge in [0.25, 0.3) is 0 Å². The number of rotatable bonds is 7. The molecule has 1 unspecified atom stereocenters. The van der Waals surface area contributed by atoms with E-state index >= 15 is 0 Å². The molecule has 0 radical (unpaired) electrons. The van der Waals surface area contributed by atoms with Crippen LogP contribution >= 0.6 is 0 Å². The zero-order chi connectivity index (χ0) is 13.8.